The Labute approximate surface area is 162 Å². The van der Waals surface area contributed by atoms with E-state index in [1.807, 2.05) is 64.1 Å². The number of benzene rings is 1. The van der Waals surface area contributed by atoms with Gasteiger partial charge in [0.15, 0.2) is 0 Å². The molecule has 138 valence electrons. The molecular formula is C20H23NO3S2. The summed E-state index contributed by atoms with van der Waals surface area (Å²) >= 11 is 2.98. The molecule has 0 fully saturated rings. The smallest absolute Gasteiger partial charge is 0.344 e. The number of thiophene rings is 1. The van der Waals surface area contributed by atoms with Gasteiger partial charge in [-0.1, -0.05) is 24.3 Å². The lowest BCUT2D eigenvalue weighted by atomic mass is 10.1. The predicted molar refractivity (Wildman–Crippen MR) is 109 cm³/mol. The van der Waals surface area contributed by atoms with Crippen LogP contribution >= 0.6 is 23.1 Å². The summed E-state index contributed by atoms with van der Waals surface area (Å²) in [5.41, 5.74) is -0.502. The van der Waals surface area contributed by atoms with Crippen molar-refractivity contribution in [1.82, 2.24) is 5.32 Å². The normalized spacial score (nSPS) is 18.5. The molecule has 4 nitrogen and oxygen atoms in total. The first kappa shape index (κ1) is 19.0. The van der Waals surface area contributed by atoms with Crippen LogP contribution in [0.2, 0.25) is 0 Å². The molecule has 1 unspecified atom stereocenters. The van der Waals surface area contributed by atoms with Crippen molar-refractivity contribution >= 4 is 45.1 Å². The molecule has 1 N–H and O–H groups in total. The van der Waals surface area contributed by atoms with Crippen molar-refractivity contribution in [3.63, 3.8) is 0 Å². The van der Waals surface area contributed by atoms with E-state index in [1.54, 1.807) is 0 Å². The van der Waals surface area contributed by atoms with Crippen LogP contribution in [-0.4, -0.2) is 28.8 Å². The molecule has 26 heavy (non-hydrogen) atoms. The second-order valence-electron chi connectivity index (χ2n) is 7.37. The third kappa shape index (κ3) is 4.48. The summed E-state index contributed by atoms with van der Waals surface area (Å²) in [6, 6.07) is 9.85. The zero-order valence-corrected chi connectivity index (χ0v) is 17.0. The van der Waals surface area contributed by atoms with Gasteiger partial charge < -0.3 is 10.1 Å². The molecule has 3 rings (SSSR count). The van der Waals surface area contributed by atoms with Gasteiger partial charge in [-0.05, 0) is 51.6 Å². The van der Waals surface area contributed by atoms with E-state index in [-0.39, 0.29) is 23.2 Å². The Bertz CT molecular complexity index is 830. The minimum atomic E-state index is -0.502. The fourth-order valence-corrected chi connectivity index (χ4v) is 4.80. The number of esters is 1. The third-order valence-corrected chi connectivity index (χ3v) is 6.59. The maximum atomic E-state index is 12.6. The standard InChI is InChI=1S/C20H23NO3S2/c1-12(14-9-10-16(25-14)19(23)24-20(2,3)4)21-18(22)17-11-13-7-5-6-8-15(13)26-17/h5-8,10-12,14H,9H2,1-4H3,(H,21,22)/t12-,14?/m1/s1. The fraction of sp³-hybridized carbons (Fsp3) is 0.400. The minimum Gasteiger partial charge on any atom is -0.456 e. The number of thioether (sulfide) groups is 1. The summed E-state index contributed by atoms with van der Waals surface area (Å²) in [5, 5.41) is 4.29. The number of ether oxygens (including phenoxy) is 1. The lowest BCUT2D eigenvalue weighted by molar-refractivity contribution is -0.148. The first-order valence-corrected chi connectivity index (χ1v) is 10.3. The van der Waals surface area contributed by atoms with Gasteiger partial charge in [-0.15, -0.1) is 23.1 Å². The van der Waals surface area contributed by atoms with Gasteiger partial charge in [0.25, 0.3) is 5.91 Å². The molecule has 0 radical (unpaired) electrons. The number of fused-ring (bicyclic) bond motifs is 1. The van der Waals surface area contributed by atoms with Gasteiger partial charge >= 0.3 is 5.97 Å². The Morgan fingerprint density at radius 1 is 1.27 bits per heavy atom. The number of hydrogen-bond acceptors (Lipinski definition) is 5. The number of carbonyl (C=O) groups is 2. The molecule has 2 aromatic rings. The number of nitrogens with one attached hydrogen (secondary N) is 1. The van der Waals surface area contributed by atoms with Crippen molar-refractivity contribution in [3.05, 3.63) is 46.2 Å². The highest BCUT2D eigenvalue weighted by Crippen LogP contribution is 2.36. The van der Waals surface area contributed by atoms with Crippen molar-refractivity contribution in [1.29, 1.82) is 0 Å². The number of allylic oxidation sites excluding steroid dienone is 1. The predicted octanol–water partition coefficient (Wildman–Crippen LogP) is 4.75. The Balaban J connectivity index is 1.58. The quantitative estimate of drug-likeness (QED) is 0.767. The van der Waals surface area contributed by atoms with Crippen molar-refractivity contribution in [2.75, 3.05) is 0 Å². The summed E-state index contributed by atoms with van der Waals surface area (Å²) in [5.74, 6) is -0.349. The molecule has 1 aliphatic rings. The Kier molecular flexibility index (Phi) is 5.44. The second-order valence-corrected chi connectivity index (χ2v) is 9.74. The average molecular weight is 390 g/mol. The molecule has 6 heteroatoms. The maximum absolute atomic E-state index is 12.6. The molecule has 1 amide bonds. The van der Waals surface area contributed by atoms with Crippen LogP contribution in [-0.2, 0) is 9.53 Å². The lowest BCUT2D eigenvalue weighted by Crippen LogP contribution is -2.38. The Morgan fingerprint density at radius 3 is 2.69 bits per heavy atom. The molecule has 0 saturated heterocycles. The summed E-state index contributed by atoms with van der Waals surface area (Å²) in [6.45, 7) is 7.55. The molecule has 0 bridgehead atoms. The van der Waals surface area contributed by atoms with Crippen LogP contribution in [0.1, 0.15) is 43.8 Å². The van der Waals surface area contributed by atoms with Crippen molar-refractivity contribution in [2.45, 2.75) is 51.0 Å². The van der Waals surface area contributed by atoms with E-state index in [1.165, 1.54) is 23.1 Å². The SMILES string of the molecule is C[C@@H](NC(=O)c1cc2ccccc2s1)C1CC=C(C(=O)OC(C)(C)C)S1. The largest absolute Gasteiger partial charge is 0.456 e. The van der Waals surface area contributed by atoms with Crippen LogP contribution in [0.5, 0.6) is 0 Å². The molecule has 0 spiro atoms. The minimum absolute atomic E-state index is 0.0473. The van der Waals surface area contributed by atoms with E-state index in [0.29, 0.717) is 9.78 Å². The molecule has 1 aliphatic heterocycles. The molecule has 0 saturated carbocycles. The monoisotopic (exact) mass is 389 g/mol. The van der Waals surface area contributed by atoms with Crippen LogP contribution < -0.4 is 5.32 Å². The van der Waals surface area contributed by atoms with E-state index in [4.69, 9.17) is 4.74 Å². The molecule has 1 aromatic carbocycles. The van der Waals surface area contributed by atoms with Crippen LogP contribution in [0.25, 0.3) is 10.1 Å². The maximum Gasteiger partial charge on any atom is 0.344 e. The van der Waals surface area contributed by atoms with Crippen LogP contribution in [0.3, 0.4) is 0 Å². The number of amides is 1. The zero-order chi connectivity index (χ0) is 18.9. The van der Waals surface area contributed by atoms with Gasteiger partial charge in [0.05, 0.1) is 9.78 Å². The third-order valence-electron chi connectivity index (χ3n) is 3.98. The van der Waals surface area contributed by atoms with Gasteiger partial charge in [-0.3, -0.25) is 4.79 Å². The Morgan fingerprint density at radius 2 is 2.00 bits per heavy atom. The summed E-state index contributed by atoms with van der Waals surface area (Å²) in [7, 11) is 0. The van der Waals surface area contributed by atoms with Gasteiger partial charge in [0.1, 0.15) is 5.60 Å². The molecule has 2 atom stereocenters. The van der Waals surface area contributed by atoms with E-state index >= 15 is 0 Å². The van der Waals surface area contributed by atoms with E-state index in [0.717, 1.165) is 16.5 Å². The van der Waals surface area contributed by atoms with Crippen LogP contribution in [0, 0.1) is 0 Å². The summed E-state index contributed by atoms with van der Waals surface area (Å²) in [4.78, 5) is 26.1. The zero-order valence-electron chi connectivity index (χ0n) is 15.4. The van der Waals surface area contributed by atoms with E-state index in [9.17, 15) is 9.59 Å². The fourth-order valence-electron chi connectivity index (χ4n) is 2.71. The first-order chi connectivity index (χ1) is 12.2. The van der Waals surface area contributed by atoms with Gasteiger partial charge in [-0.2, -0.15) is 0 Å². The van der Waals surface area contributed by atoms with Crippen molar-refractivity contribution < 1.29 is 14.3 Å². The van der Waals surface area contributed by atoms with Crippen molar-refractivity contribution in [3.8, 4) is 0 Å². The number of rotatable bonds is 4. The van der Waals surface area contributed by atoms with Gasteiger partial charge in [0.2, 0.25) is 0 Å². The highest BCUT2D eigenvalue weighted by molar-refractivity contribution is 8.04. The molecule has 1 aromatic heterocycles. The topological polar surface area (TPSA) is 55.4 Å². The number of carbonyl (C=O) groups excluding carboxylic acids is 2. The summed E-state index contributed by atoms with van der Waals surface area (Å²) < 4.78 is 6.53. The van der Waals surface area contributed by atoms with Gasteiger partial charge in [0, 0.05) is 16.0 Å². The van der Waals surface area contributed by atoms with Gasteiger partial charge in [-0.25, -0.2) is 4.79 Å². The average Bonchev–Trinajstić information content (AvgIpc) is 3.20. The lowest BCUT2D eigenvalue weighted by Gasteiger charge is -2.22. The van der Waals surface area contributed by atoms with Crippen LogP contribution in [0.15, 0.2) is 41.3 Å². The summed E-state index contributed by atoms with van der Waals surface area (Å²) in [6.07, 6.45) is 2.65. The molecular weight excluding hydrogens is 366 g/mol. The molecule has 0 aliphatic carbocycles. The van der Waals surface area contributed by atoms with E-state index < -0.39 is 5.60 Å². The first-order valence-electron chi connectivity index (χ1n) is 8.62. The van der Waals surface area contributed by atoms with E-state index in [2.05, 4.69) is 5.32 Å². The second kappa shape index (κ2) is 7.45. The van der Waals surface area contributed by atoms with Crippen molar-refractivity contribution in [2.24, 2.45) is 0 Å². The van der Waals surface area contributed by atoms with Crippen LogP contribution in [0.4, 0.5) is 0 Å². The number of hydrogen-bond donors (Lipinski definition) is 1. The molecule has 2 heterocycles. The highest BCUT2D eigenvalue weighted by atomic mass is 32.2. The Hall–Kier alpha value is -1.79. The highest BCUT2D eigenvalue weighted by Gasteiger charge is 2.30.